The maximum absolute atomic E-state index is 13.6. The van der Waals surface area contributed by atoms with Gasteiger partial charge >= 0.3 is 12.3 Å². The number of carboxylic acid groups (broad SMARTS) is 1. The number of rotatable bonds is 4. The van der Waals surface area contributed by atoms with E-state index in [1.165, 1.54) is 0 Å². The van der Waals surface area contributed by atoms with E-state index >= 15 is 0 Å². The number of nitrogens with zero attached hydrogens (tertiary/aromatic N) is 1. The molecule has 0 aromatic carbocycles. The lowest BCUT2D eigenvalue weighted by Gasteiger charge is -2.12. The Labute approximate surface area is 98.2 Å². The van der Waals surface area contributed by atoms with Crippen LogP contribution < -0.4 is 10.5 Å². The van der Waals surface area contributed by atoms with Crippen molar-refractivity contribution in [3.8, 4) is 5.88 Å². The van der Waals surface area contributed by atoms with E-state index in [0.717, 1.165) is 6.20 Å². The van der Waals surface area contributed by atoms with Crippen molar-refractivity contribution in [2.24, 2.45) is 5.73 Å². The van der Waals surface area contributed by atoms with Crippen molar-refractivity contribution >= 4 is 5.97 Å². The van der Waals surface area contributed by atoms with Crippen molar-refractivity contribution < 1.29 is 32.2 Å². The molecule has 0 aliphatic rings. The van der Waals surface area contributed by atoms with Crippen LogP contribution in [-0.2, 0) is 17.8 Å². The molecule has 0 radical (unpaired) electrons. The van der Waals surface area contributed by atoms with Crippen LogP contribution in [0.3, 0.4) is 0 Å². The summed E-state index contributed by atoms with van der Waals surface area (Å²) in [6.07, 6.45) is -5.07. The van der Waals surface area contributed by atoms with Crippen molar-refractivity contribution in [1.29, 1.82) is 0 Å². The first-order valence-corrected chi connectivity index (χ1v) is 4.58. The van der Waals surface area contributed by atoms with Gasteiger partial charge < -0.3 is 15.6 Å². The van der Waals surface area contributed by atoms with Gasteiger partial charge in [0.05, 0.1) is 6.42 Å². The smallest absolute Gasteiger partial charge is 0.481 e. The lowest BCUT2D eigenvalue weighted by molar-refractivity contribution is -0.277. The molecule has 0 atom stereocenters. The normalized spacial score (nSPS) is 11.4. The Kier molecular flexibility index (Phi) is 4.07. The first kappa shape index (κ1) is 14.2. The minimum Gasteiger partial charge on any atom is -0.481 e. The molecule has 0 amide bonds. The number of aliphatic carboxylic acids is 1. The fourth-order valence-corrected chi connectivity index (χ4v) is 1.24. The quantitative estimate of drug-likeness (QED) is 0.801. The standard InChI is InChI=1S/C9H8F4N2O3/c10-7-5(1-6(16)17)4(2-14)3-15-8(7)18-9(11,12)13/h3H,1-2,14H2,(H,16,17). The summed E-state index contributed by atoms with van der Waals surface area (Å²) in [6.45, 7) is -0.251. The van der Waals surface area contributed by atoms with Gasteiger partial charge in [-0.1, -0.05) is 0 Å². The van der Waals surface area contributed by atoms with Gasteiger partial charge in [0.2, 0.25) is 0 Å². The van der Waals surface area contributed by atoms with Crippen LogP contribution in [0.15, 0.2) is 6.20 Å². The Balaban J connectivity index is 3.20. The van der Waals surface area contributed by atoms with Crippen molar-refractivity contribution in [3.63, 3.8) is 0 Å². The molecule has 0 saturated heterocycles. The molecule has 0 fully saturated rings. The van der Waals surface area contributed by atoms with E-state index < -0.39 is 36.0 Å². The van der Waals surface area contributed by atoms with Gasteiger partial charge in [-0.3, -0.25) is 4.79 Å². The van der Waals surface area contributed by atoms with Crippen LogP contribution in [0.4, 0.5) is 17.6 Å². The highest BCUT2D eigenvalue weighted by Crippen LogP contribution is 2.27. The van der Waals surface area contributed by atoms with Crippen LogP contribution in [0.2, 0.25) is 0 Å². The van der Waals surface area contributed by atoms with Crippen LogP contribution in [-0.4, -0.2) is 22.4 Å². The van der Waals surface area contributed by atoms with E-state index in [-0.39, 0.29) is 12.1 Å². The van der Waals surface area contributed by atoms with E-state index in [1.807, 2.05) is 0 Å². The molecule has 0 saturated carbocycles. The highest BCUT2D eigenvalue weighted by molar-refractivity contribution is 5.71. The van der Waals surface area contributed by atoms with Gasteiger partial charge in [-0.2, -0.15) is 0 Å². The number of ether oxygens (including phenoxy) is 1. The molecule has 5 nitrogen and oxygen atoms in total. The molecular weight excluding hydrogens is 260 g/mol. The summed E-state index contributed by atoms with van der Waals surface area (Å²) < 4.78 is 52.7. The molecule has 1 aromatic heterocycles. The summed E-state index contributed by atoms with van der Waals surface area (Å²) in [4.78, 5) is 13.6. The van der Waals surface area contributed by atoms with Crippen molar-refractivity contribution in [2.75, 3.05) is 0 Å². The largest absolute Gasteiger partial charge is 0.574 e. The maximum Gasteiger partial charge on any atom is 0.574 e. The number of hydrogen-bond acceptors (Lipinski definition) is 4. The van der Waals surface area contributed by atoms with Crippen molar-refractivity contribution in [1.82, 2.24) is 4.98 Å². The van der Waals surface area contributed by atoms with Gasteiger partial charge in [-0.25, -0.2) is 9.37 Å². The molecular formula is C9H8F4N2O3. The van der Waals surface area contributed by atoms with Crippen molar-refractivity contribution in [3.05, 3.63) is 23.1 Å². The van der Waals surface area contributed by atoms with Gasteiger partial charge in [0, 0.05) is 18.3 Å². The average Bonchev–Trinajstić information content (AvgIpc) is 2.22. The number of carbonyl (C=O) groups is 1. The van der Waals surface area contributed by atoms with E-state index in [9.17, 15) is 22.4 Å². The second-order valence-electron chi connectivity index (χ2n) is 3.20. The SMILES string of the molecule is NCc1cnc(OC(F)(F)F)c(F)c1CC(=O)O. The van der Waals surface area contributed by atoms with E-state index in [4.69, 9.17) is 10.8 Å². The number of alkyl halides is 3. The minimum absolute atomic E-state index is 0.00410. The number of aromatic nitrogens is 1. The molecule has 0 aliphatic carbocycles. The van der Waals surface area contributed by atoms with Gasteiger partial charge in [-0.05, 0) is 5.56 Å². The van der Waals surface area contributed by atoms with Gasteiger partial charge in [0.1, 0.15) is 0 Å². The third-order valence-corrected chi connectivity index (χ3v) is 1.94. The van der Waals surface area contributed by atoms with Crippen LogP contribution >= 0.6 is 0 Å². The number of nitrogens with two attached hydrogens (primary N) is 1. The molecule has 0 spiro atoms. The zero-order valence-electron chi connectivity index (χ0n) is 8.79. The van der Waals surface area contributed by atoms with Gasteiger partial charge in [0.25, 0.3) is 5.88 Å². The molecule has 9 heteroatoms. The number of hydrogen-bond donors (Lipinski definition) is 2. The summed E-state index contributed by atoms with van der Waals surface area (Å²) in [5.41, 5.74) is 4.74. The fraction of sp³-hybridized carbons (Fsp3) is 0.333. The predicted octanol–water partition coefficient (Wildman–Crippen LogP) is 1.21. The molecule has 1 heterocycles. The van der Waals surface area contributed by atoms with Gasteiger partial charge in [0.15, 0.2) is 5.82 Å². The predicted molar refractivity (Wildman–Crippen MR) is 50.1 cm³/mol. The van der Waals surface area contributed by atoms with Crippen molar-refractivity contribution in [2.45, 2.75) is 19.3 Å². The molecule has 0 aliphatic heterocycles. The second-order valence-corrected chi connectivity index (χ2v) is 3.20. The number of pyridine rings is 1. The number of halogens is 4. The third-order valence-electron chi connectivity index (χ3n) is 1.94. The summed E-state index contributed by atoms with van der Waals surface area (Å²) >= 11 is 0. The Bertz CT molecular complexity index is 462. The van der Waals surface area contributed by atoms with Crippen LogP contribution in [0.5, 0.6) is 5.88 Å². The summed E-state index contributed by atoms with van der Waals surface area (Å²) in [5.74, 6) is -4.21. The summed E-state index contributed by atoms with van der Waals surface area (Å²) in [7, 11) is 0. The summed E-state index contributed by atoms with van der Waals surface area (Å²) in [5, 5.41) is 8.54. The highest BCUT2D eigenvalue weighted by Gasteiger charge is 2.34. The highest BCUT2D eigenvalue weighted by atomic mass is 19.4. The molecule has 1 aromatic rings. The third kappa shape index (κ3) is 3.55. The zero-order valence-corrected chi connectivity index (χ0v) is 8.79. The Morgan fingerprint density at radius 2 is 2.11 bits per heavy atom. The maximum atomic E-state index is 13.6. The molecule has 3 N–H and O–H groups in total. The lowest BCUT2D eigenvalue weighted by Crippen LogP contribution is -2.20. The van der Waals surface area contributed by atoms with Crippen LogP contribution in [0, 0.1) is 5.82 Å². The Morgan fingerprint density at radius 3 is 2.56 bits per heavy atom. The molecule has 1 rings (SSSR count). The zero-order chi connectivity index (χ0) is 13.9. The first-order valence-electron chi connectivity index (χ1n) is 4.58. The molecule has 18 heavy (non-hydrogen) atoms. The fourth-order valence-electron chi connectivity index (χ4n) is 1.24. The number of carboxylic acids is 1. The van der Waals surface area contributed by atoms with Crippen LogP contribution in [0.25, 0.3) is 0 Å². The minimum atomic E-state index is -5.11. The Hall–Kier alpha value is -1.90. The molecule has 100 valence electrons. The molecule has 0 unspecified atom stereocenters. The topological polar surface area (TPSA) is 85.4 Å². The first-order chi connectivity index (χ1) is 8.24. The Morgan fingerprint density at radius 1 is 1.50 bits per heavy atom. The monoisotopic (exact) mass is 268 g/mol. The summed E-state index contributed by atoms with van der Waals surface area (Å²) in [6, 6.07) is 0. The second kappa shape index (κ2) is 5.17. The van der Waals surface area contributed by atoms with Gasteiger partial charge in [-0.15, -0.1) is 13.2 Å². The van der Waals surface area contributed by atoms with Crippen LogP contribution in [0.1, 0.15) is 11.1 Å². The lowest BCUT2D eigenvalue weighted by atomic mass is 10.1. The average molecular weight is 268 g/mol. The van der Waals surface area contributed by atoms with E-state index in [2.05, 4.69) is 9.72 Å². The van der Waals surface area contributed by atoms with E-state index in [1.54, 1.807) is 0 Å². The molecule has 0 bridgehead atoms. The van der Waals surface area contributed by atoms with E-state index in [0.29, 0.717) is 0 Å².